The number of hydrogen-bond donors (Lipinski definition) is 3. The van der Waals surface area contributed by atoms with Gasteiger partial charge in [0.25, 0.3) is 0 Å². The summed E-state index contributed by atoms with van der Waals surface area (Å²) >= 11 is 1.35. The predicted molar refractivity (Wildman–Crippen MR) is 133 cm³/mol. The standard InChI is InChI=1S/C21H22N8O3S2/c1-4-22-20(30)27-21-26-17-10-13(9-15(18(17)33-21)16-7-5-6-8-23-16)14-11-24-19(25-12-14)28-34(31,32)29(2)3/h5-12H,4H2,1-3H3,(H,24,25,28)(H2,22,26,27,30). The second-order valence-corrected chi connectivity index (χ2v) is 10.2. The van der Waals surface area contributed by atoms with E-state index in [0.29, 0.717) is 22.8 Å². The van der Waals surface area contributed by atoms with Gasteiger partial charge in [0.2, 0.25) is 5.95 Å². The lowest BCUT2D eigenvalue weighted by Crippen LogP contribution is -2.29. The Morgan fingerprint density at radius 3 is 2.50 bits per heavy atom. The topological polar surface area (TPSA) is 142 Å². The number of urea groups is 1. The van der Waals surface area contributed by atoms with Crippen LogP contribution in [0.25, 0.3) is 32.6 Å². The number of thiazole rings is 1. The van der Waals surface area contributed by atoms with E-state index >= 15 is 0 Å². The van der Waals surface area contributed by atoms with E-state index in [-0.39, 0.29) is 12.0 Å². The first-order valence-corrected chi connectivity index (χ1v) is 12.5. The maximum absolute atomic E-state index is 12.0. The number of carbonyl (C=O) groups excluding carboxylic acids is 1. The van der Waals surface area contributed by atoms with Crippen LogP contribution in [-0.4, -0.2) is 59.3 Å². The van der Waals surface area contributed by atoms with Gasteiger partial charge in [0, 0.05) is 50.4 Å². The minimum absolute atomic E-state index is 0.0365. The van der Waals surface area contributed by atoms with Crippen molar-refractivity contribution in [2.75, 3.05) is 30.7 Å². The fourth-order valence-corrected chi connectivity index (χ4v) is 4.49. The summed E-state index contributed by atoms with van der Waals surface area (Å²) in [7, 11) is -0.889. The number of rotatable bonds is 7. The van der Waals surface area contributed by atoms with Crippen molar-refractivity contribution in [2.45, 2.75) is 6.92 Å². The van der Waals surface area contributed by atoms with Gasteiger partial charge in [-0.25, -0.2) is 24.5 Å². The van der Waals surface area contributed by atoms with E-state index in [4.69, 9.17) is 0 Å². The molecule has 0 fully saturated rings. The van der Waals surface area contributed by atoms with Crippen LogP contribution in [0.3, 0.4) is 0 Å². The van der Waals surface area contributed by atoms with Crippen molar-refractivity contribution < 1.29 is 13.2 Å². The Kier molecular flexibility index (Phi) is 6.68. The number of aromatic nitrogens is 4. The summed E-state index contributed by atoms with van der Waals surface area (Å²) < 4.78 is 28.2. The van der Waals surface area contributed by atoms with Gasteiger partial charge in [0.05, 0.1) is 15.9 Å². The van der Waals surface area contributed by atoms with Crippen molar-refractivity contribution in [3.05, 3.63) is 48.9 Å². The second kappa shape index (κ2) is 9.67. The van der Waals surface area contributed by atoms with E-state index in [1.54, 1.807) is 6.20 Å². The van der Waals surface area contributed by atoms with E-state index in [9.17, 15) is 13.2 Å². The number of pyridine rings is 1. The van der Waals surface area contributed by atoms with Crippen LogP contribution in [0.1, 0.15) is 6.92 Å². The molecule has 0 atom stereocenters. The summed E-state index contributed by atoms with van der Waals surface area (Å²) in [4.78, 5) is 29.3. The van der Waals surface area contributed by atoms with Gasteiger partial charge < -0.3 is 5.32 Å². The molecule has 0 radical (unpaired) electrons. The molecule has 4 rings (SSSR count). The number of anilines is 2. The van der Waals surface area contributed by atoms with Gasteiger partial charge in [-0.15, -0.1) is 0 Å². The summed E-state index contributed by atoms with van der Waals surface area (Å²) in [6, 6.07) is 9.10. The van der Waals surface area contributed by atoms with E-state index in [1.807, 2.05) is 37.3 Å². The molecule has 0 unspecified atom stereocenters. The lowest BCUT2D eigenvalue weighted by atomic mass is 10.0. The summed E-state index contributed by atoms with van der Waals surface area (Å²) in [5.74, 6) is -0.0365. The Bertz CT molecular complexity index is 1420. The average Bonchev–Trinajstić information content (AvgIpc) is 3.21. The van der Waals surface area contributed by atoms with E-state index in [0.717, 1.165) is 25.8 Å². The molecule has 0 aliphatic carbocycles. The number of nitrogens with one attached hydrogen (secondary N) is 3. The van der Waals surface area contributed by atoms with Gasteiger partial charge in [-0.1, -0.05) is 17.4 Å². The molecule has 0 spiro atoms. The van der Waals surface area contributed by atoms with Gasteiger partial charge in [0.1, 0.15) is 0 Å². The first-order valence-electron chi connectivity index (χ1n) is 10.2. The summed E-state index contributed by atoms with van der Waals surface area (Å²) in [6.07, 6.45) is 4.77. The Balaban J connectivity index is 1.75. The minimum Gasteiger partial charge on any atom is -0.338 e. The molecule has 3 aromatic heterocycles. The SMILES string of the molecule is CCNC(=O)Nc1nc2cc(-c3cnc(NS(=O)(=O)N(C)C)nc3)cc(-c3ccccn3)c2s1. The van der Waals surface area contributed by atoms with Crippen molar-refractivity contribution in [3.8, 4) is 22.4 Å². The van der Waals surface area contributed by atoms with Crippen molar-refractivity contribution in [1.29, 1.82) is 0 Å². The molecule has 0 saturated heterocycles. The maximum atomic E-state index is 12.0. The average molecular weight is 499 g/mol. The number of amides is 2. The molecule has 0 aliphatic heterocycles. The van der Waals surface area contributed by atoms with Crippen LogP contribution >= 0.6 is 11.3 Å². The van der Waals surface area contributed by atoms with E-state index < -0.39 is 10.2 Å². The number of hydrogen-bond acceptors (Lipinski definition) is 8. The Morgan fingerprint density at radius 2 is 1.85 bits per heavy atom. The molecule has 0 saturated carbocycles. The molecule has 1 aromatic carbocycles. The molecular weight excluding hydrogens is 476 g/mol. The Hall–Kier alpha value is -3.68. The third kappa shape index (κ3) is 5.11. The van der Waals surface area contributed by atoms with Crippen LogP contribution in [-0.2, 0) is 10.2 Å². The van der Waals surface area contributed by atoms with Crippen molar-refractivity contribution >= 4 is 48.9 Å². The zero-order valence-corrected chi connectivity index (χ0v) is 20.2. The van der Waals surface area contributed by atoms with Gasteiger partial charge in [0.15, 0.2) is 5.13 Å². The molecule has 3 N–H and O–H groups in total. The molecule has 34 heavy (non-hydrogen) atoms. The fraction of sp³-hybridized carbons (Fsp3) is 0.190. The third-order valence-electron chi connectivity index (χ3n) is 4.67. The normalized spacial score (nSPS) is 11.5. The largest absolute Gasteiger partial charge is 0.338 e. The molecule has 2 amide bonds. The van der Waals surface area contributed by atoms with Crippen LogP contribution in [0, 0.1) is 0 Å². The van der Waals surface area contributed by atoms with Gasteiger partial charge in [-0.2, -0.15) is 12.7 Å². The molecular formula is C21H22N8O3S2. The first kappa shape index (κ1) is 23.5. The zero-order valence-electron chi connectivity index (χ0n) is 18.6. The molecule has 11 nitrogen and oxygen atoms in total. The zero-order chi connectivity index (χ0) is 24.3. The number of carbonyl (C=O) groups is 1. The molecule has 13 heteroatoms. The minimum atomic E-state index is -3.71. The monoisotopic (exact) mass is 498 g/mol. The van der Waals surface area contributed by atoms with E-state index in [2.05, 4.69) is 35.3 Å². The predicted octanol–water partition coefficient (Wildman–Crippen LogP) is 3.18. The van der Waals surface area contributed by atoms with Crippen molar-refractivity contribution in [2.24, 2.45) is 0 Å². The number of fused-ring (bicyclic) bond motifs is 1. The Labute approximate surface area is 200 Å². The summed E-state index contributed by atoms with van der Waals surface area (Å²) in [5, 5.41) is 5.90. The lowest BCUT2D eigenvalue weighted by Gasteiger charge is -2.12. The molecule has 0 bridgehead atoms. The smallest absolute Gasteiger partial charge is 0.321 e. The van der Waals surface area contributed by atoms with Crippen LogP contribution in [0.15, 0.2) is 48.9 Å². The summed E-state index contributed by atoms with van der Waals surface area (Å²) in [6.45, 7) is 2.34. The van der Waals surface area contributed by atoms with Crippen molar-refractivity contribution in [1.82, 2.24) is 29.6 Å². The first-order chi connectivity index (χ1) is 16.3. The highest BCUT2D eigenvalue weighted by Gasteiger charge is 2.17. The maximum Gasteiger partial charge on any atom is 0.321 e. The Morgan fingerprint density at radius 1 is 1.09 bits per heavy atom. The summed E-state index contributed by atoms with van der Waals surface area (Å²) in [5.41, 5.74) is 3.70. The highest BCUT2D eigenvalue weighted by atomic mass is 32.2. The van der Waals surface area contributed by atoms with Crippen molar-refractivity contribution in [3.63, 3.8) is 0 Å². The van der Waals surface area contributed by atoms with Crippen LogP contribution in [0.2, 0.25) is 0 Å². The molecule has 176 valence electrons. The van der Waals surface area contributed by atoms with Gasteiger partial charge in [-0.3, -0.25) is 10.3 Å². The highest BCUT2D eigenvalue weighted by Crippen LogP contribution is 2.38. The van der Waals surface area contributed by atoms with Crippen LogP contribution < -0.4 is 15.4 Å². The molecule has 3 heterocycles. The molecule has 0 aliphatic rings. The van der Waals surface area contributed by atoms with Crippen LogP contribution in [0.4, 0.5) is 15.9 Å². The quantitative estimate of drug-likeness (QED) is 0.355. The lowest BCUT2D eigenvalue weighted by molar-refractivity contribution is 0.252. The van der Waals surface area contributed by atoms with Gasteiger partial charge >= 0.3 is 16.2 Å². The second-order valence-electron chi connectivity index (χ2n) is 7.28. The third-order valence-corrected chi connectivity index (χ3v) is 7.10. The highest BCUT2D eigenvalue weighted by molar-refractivity contribution is 7.90. The van der Waals surface area contributed by atoms with E-state index in [1.165, 1.54) is 37.8 Å². The van der Waals surface area contributed by atoms with Crippen LogP contribution in [0.5, 0.6) is 0 Å². The number of benzene rings is 1. The number of nitrogens with zero attached hydrogens (tertiary/aromatic N) is 5. The fourth-order valence-electron chi connectivity index (χ4n) is 3.00. The van der Waals surface area contributed by atoms with Gasteiger partial charge in [-0.05, 0) is 36.8 Å². The molecule has 4 aromatic rings.